The highest BCUT2D eigenvalue weighted by Crippen LogP contribution is 2.30. The van der Waals surface area contributed by atoms with Crippen LogP contribution < -0.4 is 4.72 Å². The standard InChI is InChI=1S/C14H24N2O3S/c1-3-8-16-10-13(9-12(16)11-17)20(18,19)15-14(2)6-4-5-7-14/h9-10,15,17H,3-8,11H2,1-2H3. The van der Waals surface area contributed by atoms with Crippen molar-refractivity contribution in [3.63, 3.8) is 0 Å². The number of hydrogen-bond acceptors (Lipinski definition) is 3. The molecule has 1 aromatic rings. The van der Waals surface area contributed by atoms with E-state index in [1.165, 1.54) is 0 Å². The fraction of sp³-hybridized carbons (Fsp3) is 0.714. The highest BCUT2D eigenvalue weighted by Gasteiger charge is 2.34. The molecule has 20 heavy (non-hydrogen) atoms. The number of aliphatic hydroxyl groups excluding tert-OH is 1. The van der Waals surface area contributed by atoms with Crippen LogP contribution in [0.3, 0.4) is 0 Å². The van der Waals surface area contributed by atoms with Gasteiger partial charge in [-0.25, -0.2) is 13.1 Å². The van der Waals surface area contributed by atoms with Crippen molar-refractivity contribution in [1.29, 1.82) is 0 Å². The smallest absolute Gasteiger partial charge is 0.242 e. The highest BCUT2D eigenvalue weighted by molar-refractivity contribution is 7.89. The fourth-order valence-electron chi connectivity index (χ4n) is 2.89. The summed E-state index contributed by atoms with van der Waals surface area (Å²) >= 11 is 0. The first-order valence-corrected chi connectivity index (χ1v) is 8.72. The molecule has 0 spiro atoms. The predicted molar refractivity (Wildman–Crippen MR) is 77.8 cm³/mol. The van der Waals surface area contributed by atoms with Crippen LogP contribution in [0.4, 0.5) is 0 Å². The molecule has 1 saturated carbocycles. The van der Waals surface area contributed by atoms with Crippen molar-refractivity contribution >= 4 is 10.0 Å². The number of aromatic nitrogens is 1. The Hall–Kier alpha value is -0.850. The fourth-order valence-corrected chi connectivity index (χ4v) is 4.42. The summed E-state index contributed by atoms with van der Waals surface area (Å²) in [6.45, 7) is 4.55. The molecule has 0 bridgehead atoms. The zero-order valence-corrected chi connectivity index (χ0v) is 13.0. The van der Waals surface area contributed by atoms with Crippen LogP contribution in [-0.2, 0) is 23.2 Å². The molecule has 6 heteroatoms. The zero-order valence-electron chi connectivity index (χ0n) is 12.2. The number of sulfonamides is 1. The summed E-state index contributed by atoms with van der Waals surface area (Å²) in [5.41, 5.74) is 0.314. The zero-order chi connectivity index (χ0) is 14.8. The van der Waals surface area contributed by atoms with E-state index in [0.29, 0.717) is 12.2 Å². The third-order valence-electron chi connectivity index (χ3n) is 3.99. The number of aryl methyl sites for hydroxylation is 1. The minimum absolute atomic E-state index is 0.146. The quantitative estimate of drug-likeness (QED) is 0.844. The lowest BCUT2D eigenvalue weighted by Gasteiger charge is -2.24. The Balaban J connectivity index is 2.25. The molecule has 1 aromatic heterocycles. The van der Waals surface area contributed by atoms with E-state index in [1.54, 1.807) is 12.3 Å². The summed E-state index contributed by atoms with van der Waals surface area (Å²) in [6.07, 6.45) is 6.42. The largest absolute Gasteiger partial charge is 0.390 e. The Bertz CT molecular complexity index is 557. The molecule has 2 rings (SSSR count). The van der Waals surface area contributed by atoms with Crippen LogP contribution in [0.25, 0.3) is 0 Å². The molecular formula is C14H24N2O3S. The van der Waals surface area contributed by atoms with Gasteiger partial charge in [0.25, 0.3) is 0 Å². The van der Waals surface area contributed by atoms with Crippen LogP contribution in [0.5, 0.6) is 0 Å². The van der Waals surface area contributed by atoms with Gasteiger partial charge in [-0.15, -0.1) is 0 Å². The van der Waals surface area contributed by atoms with E-state index >= 15 is 0 Å². The first-order chi connectivity index (χ1) is 9.40. The summed E-state index contributed by atoms with van der Waals surface area (Å²) in [5, 5.41) is 9.32. The lowest BCUT2D eigenvalue weighted by Crippen LogP contribution is -2.43. The average molecular weight is 300 g/mol. The summed E-state index contributed by atoms with van der Waals surface area (Å²) in [5.74, 6) is 0. The van der Waals surface area contributed by atoms with Crippen LogP contribution in [0.15, 0.2) is 17.2 Å². The Morgan fingerprint density at radius 2 is 2.05 bits per heavy atom. The Morgan fingerprint density at radius 3 is 2.60 bits per heavy atom. The SMILES string of the molecule is CCCn1cc(S(=O)(=O)NC2(C)CCCC2)cc1CO. The van der Waals surface area contributed by atoms with Gasteiger partial charge >= 0.3 is 0 Å². The minimum atomic E-state index is -3.51. The first kappa shape index (κ1) is 15.5. The maximum atomic E-state index is 12.5. The van der Waals surface area contributed by atoms with Crippen molar-refractivity contribution < 1.29 is 13.5 Å². The Labute approximate surface area is 121 Å². The van der Waals surface area contributed by atoms with E-state index in [1.807, 2.05) is 18.4 Å². The van der Waals surface area contributed by atoms with E-state index < -0.39 is 10.0 Å². The number of nitrogens with zero attached hydrogens (tertiary/aromatic N) is 1. The molecule has 114 valence electrons. The molecule has 0 unspecified atom stereocenters. The van der Waals surface area contributed by atoms with Crippen LogP contribution in [0, 0.1) is 0 Å². The minimum Gasteiger partial charge on any atom is -0.390 e. The average Bonchev–Trinajstić information content (AvgIpc) is 2.96. The van der Waals surface area contributed by atoms with Gasteiger partial charge in [0.05, 0.1) is 11.5 Å². The molecular weight excluding hydrogens is 276 g/mol. The van der Waals surface area contributed by atoms with Gasteiger partial charge < -0.3 is 9.67 Å². The number of aliphatic hydroxyl groups is 1. The van der Waals surface area contributed by atoms with Gasteiger partial charge in [0.15, 0.2) is 0 Å². The van der Waals surface area contributed by atoms with Crippen LogP contribution >= 0.6 is 0 Å². The van der Waals surface area contributed by atoms with Gasteiger partial charge in [0.1, 0.15) is 0 Å². The van der Waals surface area contributed by atoms with Crippen molar-refractivity contribution in [2.45, 2.75) is 69.5 Å². The summed E-state index contributed by atoms with van der Waals surface area (Å²) in [4.78, 5) is 0.253. The monoisotopic (exact) mass is 300 g/mol. The van der Waals surface area contributed by atoms with E-state index in [-0.39, 0.29) is 17.0 Å². The number of nitrogens with one attached hydrogen (secondary N) is 1. The lowest BCUT2D eigenvalue weighted by atomic mass is 10.0. The van der Waals surface area contributed by atoms with E-state index in [4.69, 9.17) is 0 Å². The summed E-state index contributed by atoms with van der Waals surface area (Å²) in [7, 11) is -3.51. The molecule has 0 radical (unpaired) electrons. The molecule has 0 amide bonds. The summed E-state index contributed by atoms with van der Waals surface area (Å²) in [6, 6.07) is 1.57. The topological polar surface area (TPSA) is 71.3 Å². The van der Waals surface area contributed by atoms with Crippen molar-refractivity contribution in [2.24, 2.45) is 0 Å². The maximum Gasteiger partial charge on any atom is 0.242 e. The van der Waals surface area contributed by atoms with Gasteiger partial charge in [-0.2, -0.15) is 0 Å². The van der Waals surface area contributed by atoms with E-state index in [0.717, 1.165) is 32.1 Å². The number of rotatable bonds is 6. The van der Waals surface area contributed by atoms with Crippen molar-refractivity contribution in [3.05, 3.63) is 18.0 Å². The highest BCUT2D eigenvalue weighted by atomic mass is 32.2. The van der Waals surface area contributed by atoms with Gasteiger partial charge in [-0.05, 0) is 32.3 Å². The van der Waals surface area contributed by atoms with E-state index in [9.17, 15) is 13.5 Å². The lowest BCUT2D eigenvalue weighted by molar-refractivity contribution is 0.270. The third-order valence-corrected chi connectivity index (χ3v) is 5.59. The van der Waals surface area contributed by atoms with Crippen LogP contribution in [0.2, 0.25) is 0 Å². The molecule has 1 heterocycles. The molecule has 2 N–H and O–H groups in total. The third kappa shape index (κ3) is 3.24. The van der Waals surface area contributed by atoms with Gasteiger partial charge in [-0.3, -0.25) is 0 Å². The van der Waals surface area contributed by atoms with Gasteiger partial charge in [-0.1, -0.05) is 19.8 Å². The molecule has 0 atom stereocenters. The van der Waals surface area contributed by atoms with Crippen LogP contribution in [0.1, 0.15) is 51.6 Å². The van der Waals surface area contributed by atoms with Crippen molar-refractivity contribution in [3.8, 4) is 0 Å². The number of hydrogen-bond donors (Lipinski definition) is 2. The van der Waals surface area contributed by atoms with Crippen molar-refractivity contribution in [1.82, 2.24) is 9.29 Å². The van der Waals surface area contributed by atoms with E-state index in [2.05, 4.69) is 4.72 Å². The molecule has 0 saturated heterocycles. The second-order valence-electron chi connectivity index (χ2n) is 5.89. The van der Waals surface area contributed by atoms with Crippen molar-refractivity contribution in [2.75, 3.05) is 0 Å². The molecule has 5 nitrogen and oxygen atoms in total. The molecule has 0 aliphatic heterocycles. The molecule has 1 aliphatic rings. The maximum absolute atomic E-state index is 12.5. The second-order valence-corrected chi connectivity index (χ2v) is 7.57. The first-order valence-electron chi connectivity index (χ1n) is 7.24. The van der Waals surface area contributed by atoms with Crippen LogP contribution in [-0.4, -0.2) is 23.6 Å². The Kier molecular flexibility index (Phi) is 4.56. The Morgan fingerprint density at radius 1 is 1.40 bits per heavy atom. The second kappa shape index (κ2) is 5.87. The summed E-state index contributed by atoms with van der Waals surface area (Å²) < 4.78 is 29.6. The van der Waals surface area contributed by atoms with Gasteiger partial charge in [0.2, 0.25) is 10.0 Å². The molecule has 1 aliphatic carbocycles. The molecule has 0 aromatic carbocycles. The predicted octanol–water partition coefficient (Wildman–Crippen LogP) is 2.00. The van der Waals surface area contributed by atoms with Gasteiger partial charge in [0, 0.05) is 24.0 Å². The molecule has 1 fully saturated rings. The normalized spacial score (nSPS) is 18.6.